The summed E-state index contributed by atoms with van der Waals surface area (Å²) >= 11 is 0. The van der Waals surface area contributed by atoms with Gasteiger partial charge < -0.3 is 4.57 Å². The van der Waals surface area contributed by atoms with Crippen molar-refractivity contribution in [3.8, 4) is 0 Å². The zero-order chi connectivity index (χ0) is 21.6. The topological polar surface area (TPSA) is 64.0 Å². The van der Waals surface area contributed by atoms with Crippen LogP contribution >= 0.6 is 0 Å². The van der Waals surface area contributed by atoms with Gasteiger partial charge in [-0.2, -0.15) is 0 Å². The van der Waals surface area contributed by atoms with E-state index in [4.69, 9.17) is 4.98 Å². The van der Waals surface area contributed by atoms with Crippen LogP contribution in [0.15, 0.2) is 18.2 Å². The molecule has 1 aliphatic rings. The van der Waals surface area contributed by atoms with Crippen LogP contribution in [0.5, 0.6) is 0 Å². The smallest absolute Gasteiger partial charge is 0.237 e. The van der Waals surface area contributed by atoms with Crippen LogP contribution in [0.3, 0.4) is 0 Å². The Balaban J connectivity index is 1.98. The summed E-state index contributed by atoms with van der Waals surface area (Å²) in [6.45, 7) is 12.2. The highest BCUT2D eigenvalue weighted by molar-refractivity contribution is 7.94. The third-order valence-electron chi connectivity index (χ3n) is 5.69. The van der Waals surface area contributed by atoms with Gasteiger partial charge in [0.1, 0.15) is 12.0 Å². The number of nitrogens with zero attached hydrogens (tertiary/aromatic N) is 2. The molecular weight excluding hydrogens is 389 g/mol. The first-order valence-electron chi connectivity index (χ1n) is 10.4. The largest absolute Gasteiger partial charge is 0.327 e. The summed E-state index contributed by atoms with van der Waals surface area (Å²) in [5.74, 6) is 1.42. The van der Waals surface area contributed by atoms with E-state index in [1.54, 1.807) is 26.8 Å². The van der Waals surface area contributed by atoms with Gasteiger partial charge in [-0.3, -0.25) is 4.72 Å². The second-order valence-corrected chi connectivity index (χ2v) is 12.8. The summed E-state index contributed by atoms with van der Waals surface area (Å²) in [6, 6.07) is 5.55. The van der Waals surface area contributed by atoms with Crippen LogP contribution in [0.1, 0.15) is 73.1 Å². The number of aromatic nitrogens is 2. The molecule has 1 saturated carbocycles. The lowest BCUT2D eigenvalue weighted by molar-refractivity contribution is 0.194. The lowest BCUT2D eigenvalue weighted by Gasteiger charge is -2.27. The summed E-state index contributed by atoms with van der Waals surface area (Å²) in [6.07, 6.45) is 2.41. The highest BCUT2D eigenvalue weighted by atomic mass is 32.2. The summed E-state index contributed by atoms with van der Waals surface area (Å²) < 4.78 is 42.6. The Morgan fingerprint density at radius 3 is 2.28 bits per heavy atom. The first kappa shape index (κ1) is 22.1. The molecule has 0 spiro atoms. The number of benzene rings is 1. The fraction of sp³-hybridized carbons (Fsp3) is 0.682. The normalized spacial score (nSPS) is 21.5. The van der Waals surface area contributed by atoms with Crippen molar-refractivity contribution >= 4 is 26.7 Å². The molecule has 1 aromatic heterocycles. The Labute approximate surface area is 174 Å². The maximum absolute atomic E-state index is 13.5. The molecule has 0 atom stereocenters. The molecule has 5 nitrogen and oxygen atoms in total. The maximum atomic E-state index is 13.5. The van der Waals surface area contributed by atoms with E-state index in [0.29, 0.717) is 24.4 Å². The van der Waals surface area contributed by atoms with Gasteiger partial charge in [0.25, 0.3) is 0 Å². The number of nitrogens with one attached hydrogen (secondary N) is 1. The van der Waals surface area contributed by atoms with Gasteiger partial charge in [0.15, 0.2) is 0 Å². The minimum atomic E-state index is -3.50. The van der Waals surface area contributed by atoms with Gasteiger partial charge in [0.05, 0.1) is 21.5 Å². The highest BCUT2D eigenvalue weighted by Crippen LogP contribution is 2.33. The van der Waals surface area contributed by atoms with Crippen molar-refractivity contribution in [1.82, 2.24) is 9.55 Å². The molecule has 0 bridgehead atoms. The zero-order valence-corrected chi connectivity index (χ0v) is 19.2. The summed E-state index contributed by atoms with van der Waals surface area (Å²) in [5.41, 5.74) is 2.15. The molecule has 7 heteroatoms. The Hall–Kier alpha value is -1.63. The van der Waals surface area contributed by atoms with Crippen molar-refractivity contribution in [3.63, 3.8) is 0 Å². The molecule has 1 fully saturated rings. The van der Waals surface area contributed by atoms with Crippen LogP contribution in [-0.2, 0) is 22.0 Å². The monoisotopic (exact) mass is 423 g/mol. The quantitative estimate of drug-likeness (QED) is 0.716. The Morgan fingerprint density at radius 1 is 1.10 bits per heavy atom. The predicted octanol–water partition coefficient (Wildman–Crippen LogP) is 5.40. The fourth-order valence-electron chi connectivity index (χ4n) is 3.82. The number of hydrogen-bond acceptors (Lipinski definition) is 3. The van der Waals surface area contributed by atoms with Crippen LogP contribution in [0.25, 0.3) is 11.0 Å². The van der Waals surface area contributed by atoms with Crippen LogP contribution < -0.4 is 4.72 Å². The van der Waals surface area contributed by atoms with Crippen LogP contribution in [0, 0.1) is 5.92 Å². The van der Waals surface area contributed by atoms with E-state index >= 15 is 0 Å². The Kier molecular flexibility index (Phi) is 5.75. The molecule has 2 aromatic rings. The molecule has 162 valence electrons. The third-order valence-corrected chi connectivity index (χ3v) is 7.81. The number of rotatable bonds is 4. The zero-order valence-electron chi connectivity index (χ0n) is 18.4. The first-order chi connectivity index (χ1) is 13.3. The van der Waals surface area contributed by atoms with E-state index in [9.17, 15) is 12.8 Å². The maximum Gasteiger partial charge on any atom is 0.237 e. The molecule has 0 unspecified atom stereocenters. The van der Waals surface area contributed by atoms with Crippen molar-refractivity contribution in [3.05, 3.63) is 24.0 Å². The SMILES string of the molecule is CC(C)(C)c1nc2cc(NS(=O)(=O)C(C)(C)C)ccc2n1CC1CCC(F)CC1. The van der Waals surface area contributed by atoms with Gasteiger partial charge in [-0.05, 0) is 70.6 Å². The van der Waals surface area contributed by atoms with Gasteiger partial charge in [0, 0.05) is 12.0 Å². The van der Waals surface area contributed by atoms with Crippen LogP contribution in [0.2, 0.25) is 0 Å². The number of anilines is 1. The van der Waals surface area contributed by atoms with E-state index in [-0.39, 0.29) is 5.41 Å². The van der Waals surface area contributed by atoms with Gasteiger partial charge in [-0.15, -0.1) is 0 Å². The van der Waals surface area contributed by atoms with Crippen molar-refractivity contribution in [2.75, 3.05) is 4.72 Å². The van der Waals surface area contributed by atoms with Gasteiger partial charge in [-0.25, -0.2) is 17.8 Å². The molecule has 0 amide bonds. The molecular formula is C22H34FN3O2S. The number of fused-ring (bicyclic) bond motifs is 1. The number of halogens is 1. The minimum absolute atomic E-state index is 0.151. The lowest BCUT2D eigenvalue weighted by atomic mass is 9.87. The summed E-state index contributed by atoms with van der Waals surface area (Å²) in [5, 5.41) is 0. The van der Waals surface area contributed by atoms with Gasteiger partial charge >= 0.3 is 0 Å². The fourth-order valence-corrected chi connectivity index (χ4v) is 4.56. The number of sulfonamides is 1. The van der Waals surface area contributed by atoms with Crippen molar-refractivity contribution in [2.24, 2.45) is 5.92 Å². The molecule has 1 N–H and O–H groups in total. The molecule has 29 heavy (non-hydrogen) atoms. The lowest BCUT2D eigenvalue weighted by Crippen LogP contribution is -2.33. The second kappa shape index (κ2) is 7.56. The Bertz CT molecular complexity index is 976. The molecule has 1 aliphatic carbocycles. The first-order valence-corrected chi connectivity index (χ1v) is 11.9. The Morgan fingerprint density at radius 2 is 1.72 bits per heavy atom. The number of hydrogen-bond donors (Lipinski definition) is 1. The summed E-state index contributed by atoms with van der Waals surface area (Å²) in [7, 11) is -3.50. The molecule has 1 heterocycles. The average Bonchev–Trinajstić information content (AvgIpc) is 2.93. The van der Waals surface area contributed by atoms with Crippen molar-refractivity contribution < 1.29 is 12.8 Å². The van der Waals surface area contributed by atoms with Crippen molar-refractivity contribution in [1.29, 1.82) is 0 Å². The van der Waals surface area contributed by atoms with E-state index in [1.807, 2.05) is 12.1 Å². The molecule has 3 rings (SSSR count). The standard InChI is InChI=1S/C22H34FN3O2S/c1-21(2,3)20-24-18-13-17(25-29(27,28)22(4,5)6)11-12-19(18)26(20)14-15-7-9-16(23)10-8-15/h11-13,15-16,25H,7-10,14H2,1-6H3. The van der Waals surface area contributed by atoms with Gasteiger partial charge in [0.2, 0.25) is 10.0 Å². The predicted molar refractivity (Wildman–Crippen MR) is 118 cm³/mol. The molecule has 1 aromatic carbocycles. The highest BCUT2D eigenvalue weighted by Gasteiger charge is 2.30. The van der Waals surface area contributed by atoms with E-state index < -0.39 is 20.9 Å². The summed E-state index contributed by atoms with van der Waals surface area (Å²) in [4.78, 5) is 4.87. The molecule has 0 saturated heterocycles. The van der Waals surface area contributed by atoms with E-state index in [1.165, 1.54) is 0 Å². The third kappa shape index (κ3) is 4.76. The van der Waals surface area contributed by atoms with Crippen LogP contribution in [0.4, 0.5) is 10.1 Å². The van der Waals surface area contributed by atoms with E-state index in [2.05, 4.69) is 30.1 Å². The number of alkyl halides is 1. The average molecular weight is 424 g/mol. The van der Waals surface area contributed by atoms with Gasteiger partial charge in [-0.1, -0.05) is 20.8 Å². The van der Waals surface area contributed by atoms with E-state index in [0.717, 1.165) is 36.2 Å². The minimum Gasteiger partial charge on any atom is -0.327 e. The second-order valence-electron chi connectivity index (χ2n) is 10.3. The number of imidazole rings is 1. The molecule has 0 aliphatic heterocycles. The van der Waals surface area contributed by atoms with Crippen molar-refractivity contribution in [2.45, 2.75) is 90.1 Å². The van der Waals surface area contributed by atoms with Crippen LogP contribution in [-0.4, -0.2) is 28.9 Å². The molecule has 0 radical (unpaired) electrons.